The van der Waals surface area contributed by atoms with E-state index in [9.17, 15) is 10.3 Å². The summed E-state index contributed by atoms with van der Waals surface area (Å²) in [5.74, 6) is 0.715. The van der Waals surface area contributed by atoms with Gasteiger partial charge in [0, 0.05) is 42.2 Å². The van der Waals surface area contributed by atoms with Crippen LogP contribution >= 0.6 is 0 Å². The third-order valence-electron chi connectivity index (χ3n) is 7.49. The summed E-state index contributed by atoms with van der Waals surface area (Å²) in [6, 6.07) is 32.6. The summed E-state index contributed by atoms with van der Waals surface area (Å²) in [4.78, 5) is 22.3. The maximum atomic E-state index is 14.2. The molecule has 0 saturated heterocycles. The molecule has 0 radical (unpaired) electrons. The van der Waals surface area contributed by atoms with Crippen molar-refractivity contribution in [1.82, 2.24) is 5.32 Å². The van der Waals surface area contributed by atoms with Gasteiger partial charge >= 0.3 is 0 Å². The number of nitrogens with zero attached hydrogens (tertiary/aromatic N) is 4. The number of hydrogen-bond acceptors (Lipinski definition) is 6. The van der Waals surface area contributed by atoms with E-state index < -0.39 is 11.6 Å². The van der Waals surface area contributed by atoms with Crippen molar-refractivity contribution in [2.75, 3.05) is 19.8 Å². The van der Waals surface area contributed by atoms with Crippen molar-refractivity contribution in [1.29, 1.82) is 0 Å². The zero-order chi connectivity index (χ0) is 30.8. The number of aliphatic imine (C=N–C) groups is 1. The average Bonchev–Trinajstić information content (AvgIpc) is 3.46. The van der Waals surface area contributed by atoms with Crippen LogP contribution in [0.5, 0.6) is 5.75 Å². The first kappa shape index (κ1) is 30.4. The van der Waals surface area contributed by atoms with E-state index in [0.717, 1.165) is 23.1 Å². The summed E-state index contributed by atoms with van der Waals surface area (Å²) >= 11 is 0. The molecule has 0 saturated carbocycles. The minimum atomic E-state index is -1.39. The fourth-order valence-corrected chi connectivity index (χ4v) is 5.25. The van der Waals surface area contributed by atoms with Crippen LogP contribution in [0.25, 0.3) is 21.6 Å². The van der Waals surface area contributed by atoms with Crippen molar-refractivity contribution >= 4 is 17.5 Å². The Morgan fingerprint density at radius 2 is 1.66 bits per heavy atom. The second-order valence-electron chi connectivity index (χ2n) is 10.5. The summed E-state index contributed by atoms with van der Waals surface area (Å²) in [6.45, 7) is 2.93. The average molecular weight is 590 g/mol. The number of amides is 1. The highest BCUT2D eigenvalue weighted by Crippen LogP contribution is 2.44. The van der Waals surface area contributed by atoms with Gasteiger partial charge in [0.2, 0.25) is 5.90 Å². The Morgan fingerprint density at radius 1 is 0.977 bits per heavy atom. The molecule has 9 nitrogen and oxygen atoms in total. The van der Waals surface area contributed by atoms with Crippen LogP contribution in [0.3, 0.4) is 0 Å². The van der Waals surface area contributed by atoms with Gasteiger partial charge in [-0.3, -0.25) is 4.79 Å². The smallest absolute Gasteiger partial charge is 0.252 e. The minimum absolute atomic E-state index is 0.0570. The Bertz CT molecular complexity index is 1630. The van der Waals surface area contributed by atoms with Crippen molar-refractivity contribution in [2.45, 2.75) is 37.8 Å². The van der Waals surface area contributed by atoms with E-state index in [-0.39, 0.29) is 18.9 Å². The standard InChI is InChI=1S/C35H35N5O4/c1-2-21-37-34(42)35(24-29-11-6-7-12-31(29)39-40-36)32(27-15-13-26(14-16-27)25-9-4-3-5-10-25)44-33(38-35)28-17-19-30(20-18-28)43-23-8-22-41/h3-7,9-20,32,41H,2,8,21-24H2,1H3,(H,37,42)/t32-,35-/m1/s1. The van der Waals surface area contributed by atoms with Crippen molar-refractivity contribution in [3.8, 4) is 16.9 Å². The molecular weight excluding hydrogens is 554 g/mol. The number of azide groups is 1. The van der Waals surface area contributed by atoms with Gasteiger partial charge in [0.1, 0.15) is 5.75 Å². The molecule has 1 aliphatic heterocycles. The third kappa shape index (κ3) is 6.75. The normalized spacial score (nSPS) is 17.2. The summed E-state index contributed by atoms with van der Waals surface area (Å²) in [7, 11) is 0. The molecule has 44 heavy (non-hydrogen) atoms. The molecule has 0 bridgehead atoms. The molecule has 4 aromatic carbocycles. The van der Waals surface area contributed by atoms with Crippen molar-refractivity contribution in [3.05, 3.63) is 130 Å². The van der Waals surface area contributed by atoms with Gasteiger partial charge in [0.05, 0.1) is 6.61 Å². The predicted molar refractivity (Wildman–Crippen MR) is 171 cm³/mol. The van der Waals surface area contributed by atoms with Gasteiger partial charge in [-0.15, -0.1) is 0 Å². The number of hydrogen-bond donors (Lipinski definition) is 2. The quantitative estimate of drug-likeness (QED) is 0.0747. The highest BCUT2D eigenvalue weighted by Gasteiger charge is 2.53. The number of carbonyl (C=O) groups is 1. The molecule has 2 N–H and O–H groups in total. The molecule has 0 spiro atoms. The fraction of sp³-hybridized carbons (Fsp3) is 0.257. The van der Waals surface area contributed by atoms with Crippen LogP contribution in [0.1, 0.15) is 42.6 Å². The van der Waals surface area contributed by atoms with E-state index in [4.69, 9.17) is 19.6 Å². The van der Waals surface area contributed by atoms with E-state index in [1.165, 1.54) is 0 Å². The molecule has 1 amide bonds. The Kier molecular flexibility index (Phi) is 9.92. The first-order chi connectivity index (χ1) is 21.6. The van der Waals surface area contributed by atoms with Gasteiger partial charge < -0.3 is 19.9 Å². The summed E-state index contributed by atoms with van der Waals surface area (Å²) in [5.41, 5.74) is 12.6. The monoisotopic (exact) mass is 589 g/mol. The lowest BCUT2D eigenvalue weighted by Gasteiger charge is -2.31. The summed E-state index contributed by atoms with van der Waals surface area (Å²) in [5, 5.41) is 16.0. The largest absolute Gasteiger partial charge is 0.494 e. The van der Waals surface area contributed by atoms with E-state index in [2.05, 4.69) is 27.5 Å². The second-order valence-corrected chi connectivity index (χ2v) is 10.5. The van der Waals surface area contributed by atoms with Gasteiger partial charge in [-0.2, -0.15) is 0 Å². The Labute approximate surface area is 256 Å². The van der Waals surface area contributed by atoms with E-state index in [1.54, 1.807) is 12.1 Å². The molecule has 0 aliphatic carbocycles. The first-order valence-corrected chi connectivity index (χ1v) is 14.7. The SMILES string of the molecule is CCCNC(=O)[C@]1(Cc2ccccc2N=[N+]=[N-])N=C(c2ccc(OCCCO)cc2)O[C@@H]1c1ccc(-c2ccccc2)cc1. The topological polar surface area (TPSA) is 129 Å². The van der Waals surface area contributed by atoms with Gasteiger partial charge in [0.15, 0.2) is 11.6 Å². The van der Waals surface area contributed by atoms with Crippen molar-refractivity contribution < 1.29 is 19.4 Å². The number of aliphatic hydroxyl groups excluding tert-OH is 1. The Hall–Kier alpha value is -5.11. The van der Waals surface area contributed by atoms with E-state index in [1.807, 2.05) is 85.8 Å². The highest BCUT2D eigenvalue weighted by molar-refractivity contribution is 6.01. The second kappa shape index (κ2) is 14.4. The van der Waals surface area contributed by atoms with Gasteiger partial charge in [0.25, 0.3) is 5.91 Å². The van der Waals surface area contributed by atoms with Crippen LogP contribution < -0.4 is 10.1 Å². The van der Waals surface area contributed by atoms with Gasteiger partial charge in [-0.05, 0) is 58.5 Å². The Balaban J connectivity index is 1.59. The number of rotatable bonds is 13. The van der Waals surface area contributed by atoms with Crippen molar-refractivity contribution in [3.63, 3.8) is 0 Å². The van der Waals surface area contributed by atoms with Crippen LogP contribution in [0.2, 0.25) is 0 Å². The zero-order valence-corrected chi connectivity index (χ0v) is 24.6. The molecular formula is C35H35N5O4. The molecule has 0 aromatic heterocycles. The molecule has 224 valence electrons. The molecule has 1 aliphatic rings. The number of benzene rings is 4. The van der Waals surface area contributed by atoms with Crippen LogP contribution in [-0.2, 0) is 16.0 Å². The Morgan fingerprint density at radius 3 is 2.36 bits per heavy atom. The first-order valence-electron chi connectivity index (χ1n) is 14.7. The molecule has 1 heterocycles. The molecule has 2 atom stereocenters. The molecule has 0 fully saturated rings. The lowest BCUT2D eigenvalue weighted by atomic mass is 9.81. The van der Waals surface area contributed by atoms with Gasteiger partial charge in [-0.25, -0.2) is 4.99 Å². The van der Waals surface area contributed by atoms with Crippen molar-refractivity contribution in [2.24, 2.45) is 10.1 Å². The fourth-order valence-electron chi connectivity index (χ4n) is 5.25. The third-order valence-corrected chi connectivity index (χ3v) is 7.49. The highest BCUT2D eigenvalue weighted by atomic mass is 16.5. The summed E-state index contributed by atoms with van der Waals surface area (Å²) in [6.07, 6.45) is 0.672. The molecule has 0 unspecified atom stereocenters. The number of nitrogens with one attached hydrogen (secondary N) is 1. The maximum absolute atomic E-state index is 14.2. The predicted octanol–water partition coefficient (Wildman–Crippen LogP) is 7.08. The lowest BCUT2D eigenvalue weighted by Crippen LogP contribution is -2.50. The number of aliphatic hydroxyl groups is 1. The minimum Gasteiger partial charge on any atom is -0.494 e. The molecule has 5 rings (SSSR count). The summed E-state index contributed by atoms with van der Waals surface area (Å²) < 4.78 is 12.3. The van der Waals surface area contributed by atoms with E-state index >= 15 is 0 Å². The van der Waals surface area contributed by atoms with E-state index in [0.29, 0.717) is 48.0 Å². The number of ether oxygens (including phenoxy) is 2. The van der Waals surface area contributed by atoms with Crippen LogP contribution in [0.15, 0.2) is 113 Å². The van der Waals surface area contributed by atoms with Crippen LogP contribution in [-0.4, -0.2) is 42.2 Å². The molecule has 9 heteroatoms. The van der Waals surface area contributed by atoms with Crippen LogP contribution in [0, 0.1) is 0 Å². The molecule has 4 aromatic rings. The maximum Gasteiger partial charge on any atom is 0.252 e. The van der Waals surface area contributed by atoms with Gasteiger partial charge in [-0.1, -0.05) is 90.9 Å². The zero-order valence-electron chi connectivity index (χ0n) is 24.6. The lowest BCUT2D eigenvalue weighted by molar-refractivity contribution is -0.128. The van der Waals surface area contributed by atoms with Crippen LogP contribution in [0.4, 0.5) is 5.69 Å². The number of carbonyl (C=O) groups excluding carboxylic acids is 1.